The second-order valence-electron chi connectivity index (χ2n) is 6.05. The molecule has 1 aromatic rings. The summed E-state index contributed by atoms with van der Waals surface area (Å²) in [6.07, 6.45) is 3.29. The fourth-order valence-electron chi connectivity index (χ4n) is 2.48. The number of hydrogen-bond acceptors (Lipinski definition) is 2. The van der Waals surface area contributed by atoms with Crippen molar-refractivity contribution < 1.29 is 14.5 Å². The van der Waals surface area contributed by atoms with Crippen LogP contribution in [-0.4, -0.2) is 68.4 Å². The summed E-state index contributed by atoms with van der Waals surface area (Å²) in [6.45, 7) is 3.35. The monoisotopic (exact) mass is 370 g/mol. The molecule has 0 aliphatic carbocycles. The zero-order valence-corrected chi connectivity index (χ0v) is 15.4. The van der Waals surface area contributed by atoms with Crippen molar-refractivity contribution in [3.05, 3.63) is 39.9 Å². The van der Waals surface area contributed by atoms with Crippen LogP contribution >= 0.6 is 23.2 Å². The van der Waals surface area contributed by atoms with E-state index in [4.69, 9.17) is 23.2 Å². The number of piperazine rings is 1. The van der Waals surface area contributed by atoms with E-state index in [9.17, 15) is 9.59 Å². The molecule has 1 aliphatic rings. The molecule has 130 valence electrons. The Kier molecular flexibility index (Phi) is 6.66. The van der Waals surface area contributed by atoms with Gasteiger partial charge >= 0.3 is 0 Å². The van der Waals surface area contributed by atoms with Crippen LogP contribution < -0.4 is 4.90 Å². The van der Waals surface area contributed by atoms with Gasteiger partial charge in [0.25, 0.3) is 5.91 Å². The summed E-state index contributed by atoms with van der Waals surface area (Å²) in [5, 5.41) is 0.959. The average Bonchev–Trinajstić information content (AvgIpc) is 2.56. The Morgan fingerprint density at radius 1 is 1.21 bits per heavy atom. The third kappa shape index (κ3) is 5.23. The minimum absolute atomic E-state index is 0.0286. The van der Waals surface area contributed by atoms with Gasteiger partial charge in [-0.05, 0) is 23.8 Å². The number of carbonyl (C=O) groups excluding carboxylic acids is 2. The number of carbonyl (C=O) groups is 2. The number of rotatable bonds is 4. The van der Waals surface area contributed by atoms with Crippen molar-refractivity contribution in [2.75, 3.05) is 46.8 Å². The minimum Gasteiger partial charge on any atom is -0.344 e. The fourth-order valence-corrected chi connectivity index (χ4v) is 2.79. The largest absolute Gasteiger partial charge is 0.344 e. The summed E-state index contributed by atoms with van der Waals surface area (Å²) in [7, 11) is 3.52. The van der Waals surface area contributed by atoms with Crippen LogP contribution in [0.15, 0.2) is 24.3 Å². The molecule has 2 amide bonds. The average molecular weight is 371 g/mol. The van der Waals surface area contributed by atoms with Crippen LogP contribution in [0.4, 0.5) is 0 Å². The topological polar surface area (TPSA) is 45.1 Å². The number of amides is 2. The highest BCUT2D eigenvalue weighted by Gasteiger charge is 2.24. The molecule has 7 heteroatoms. The van der Waals surface area contributed by atoms with Gasteiger partial charge in [0.15, 0.2) is 6.54 Å². The number of hydrogen-bond donors (Lipinski definition) is 1. The molecule has 0 spiro atoms. The van der Waals surface area contributed by atoms with E-state index in [0.717, 1.165) is 18.7 Å². The molecule has 2 rings (SSSR count). The molecular weight excluding hydrogens is 349 g/mol. The van der Waals surface area contributed by atoms with Crippen molar-refractivity contribution in [3.8, 4) is 0 Å². The Morgan fingerprint density at radius 3 is 2.46 bits per heavy atom. The number of benzene rings is 1. The predicted octanol–water partition coefficient (Wildman–Crippen LogP) is 0.822. The highest BCUT2D eigenvalue weighted by molar-refractivity contribution is 6.42. The summed E-state index contributed by atoms with van der Waals surface area (Å²) in [5.41, 5.74) is 0.832. The number of likely N-dealkylation sites (N-methyl/N-ethyl adjacent to an activating group) is 1. The molecule has 0 bridgehead atoms. The molecule has 24 heavy (non-hydrogen) atoms. The lowest BCUT2D eigenvalue weighted by Crippen LogP contribution is -3.15. The maximum Gasteiger partial charge on any atom is 0.277 e. The summed E-state index contributed by atoms with van der Waals surface area (Å²) in [5.74, 6) is 0.0864. The van der Waals surface area contributed by atoms with Crippen molar-refractivity contribution >= 4 is 41.1 Å². The Labute approximate surface area is 152 Å². The first-order chi connectivity index (χ1) is 11.4. The first-order valence-electron chi connectivity index (χ1n) is 7.82. The van der Waals surface area contributed by atoms with Gasteiger partial charge in [0.2, 0.25) is 5.91 Å². The van der Waals surface area contributed by atoms with E-state index in [1.807, 2.05) is 6.07 Å². The molecule has 0 saturated carbocycles. The lowest BCUT2D eigenvalue weighted by atomic mass is 10.2. The van der Waals surface area contributed by atoms with E-state index < -0.39 is 0 Å². The molecule has 1 aliphatic heterocycles. The molecule has 0 aromatic heterocycles. The van der Waals surface area contributed by atoms with Crippen molar-refractivity contribution in [2.45, 2.75) is 0 Å². The molecule has 1 fully saturated rings. The van der Waals surface area contributed by atoms with Gasteiger partial charge in [0, 0.05) is 20.2 Å². The van der Waals surface area contributed by atoms with Crippen LogP contribution in [0.5, 0.6) is 0 Å². The van der Waals surface area contributed by atoms with Crippen molar-refractivity contribution in [1.82, 2.24) is 9.80 Å². The Balaban J connectivity index is 1.85. The summed E-state index contributed by atoms with van der Waals surface area (Å²) in [4.78, 5) is 28.6. The zero-order valence-electron chi connectivity index (χ0n) is 13.9. The lowest BCUT2D eigenvalue weighted by molar-refractivity contribution is -0.896. The van der Waals surface area contributed by atoms with Gasteiger partial charge in [-0.1, -0.05) is 29.3 Å². The Hall–Kier alpha value is -1.56. The van der Waals surface area contributed by atoms with Gasteiger partial charge < -0.3 is 14.7 Å². The van der Waals surface area contributed by atoms with Gasteiger partial charge in [-0.25, -0.2) is 0 Å². The van der Waals surface area contributed by atoms with Crippen LogP contribution in [0, 0.1) is 0 Å². The smallest absolute Gasteiger partial charge is 0.277 e. The minimum atomic E-state index is -0.0286. The van der Waals surface area contributed by atoms with E-state index in [2.05, 4.69) is 0 Å². The summed E-state index contributed by atoms with van der Waals surface area (Å²) < 4.78 is 0. The van der Waals surface area contributed by atoms with Gasteiger partial charge in [0.1, 0.15) is 0 Å². The van der Waals surface area contributed by atoms with Crippen molar-refractivity contribution in [1.29, 1.82) is 0 Å². The van der Waals surface area contributed by atoms with E-state index in [1.165, 1.54) is 4.90 Å². The normalized spacial score (nSPS) is 15.8. The molecule has 1 saturated heterocycles. The van der Waals surface area contributed by atoms with Gasteiger partial charge in [-0.2, -0.15) is 0 Å². The second-order valence-corrected chi connectivity index (χ2v) is 6.86. The Morgan fingerprint density at radius 2 is 1.88 bits per heavy atom. The maximum atomic E-state index is 12.3. The zero-order chi connectivity index (χ0) is 17.7. The van der Waals surface area contributed by atoms with E-state index in [-0.39, 0.29) is 11.8 Å². The van der Waals surface area contributed by atoms with Crippen LogP contribution in [-0.2, 0) is 9.59 Å². The highest BCUT2D eigenvalue weighted by Crippen LogP contribution is 2.23. The van der Waals surface area contributed by atoms with Crippen LogP contribution in [0.3, 0.4) is 0 Å². The van der Waals surface area contributed by atoms with Crippen LogP contribution in [0.25, 0.3) is 6.08 Å². The van der Waals surface area contributed by atoms with Crippen LogP contribution in [0.1, 0.15) is 5.56 Å². The summed E-state index contributed by atoms with van der Waals surface area (Å²) in [6, 6.07) is 5.24. The quantitative estimate of drug-likeness (QED) is 0.797. The molecule has 1 N–H and O–H groups in total. The van der Waals surface area contributed by atoms with E-state index in [1.54, 1.807) is 48.2 Å². The predicted molar refractivity (Wildman–Crippen MR) is 96.3 cm³/mol. The highest BCUT2D eigenvalue weighted by atomic mass is 35.5. The van der Waals surface area contributed by atoms with Crippen molar-refractivity contribution in [3.63, 3.8) is 0 Å². The van der Waals surface area contributed by atoms with Gasteiger partial charge in [-0.15, -0.1) is 0 Å². The van der Waals surface area contributed by atoms with Crippen LogP contribution in [0.2, 0.25) is 10.0 Å². The van der Waals surface area contributed by atoms with Gasteiger partial charge in [0.05, 0.1) is 36.2 Å². The van der Waals surface area contributed by atoms with Gasteiger partial charge in [-0.3, -0.25) is 9.59 Å². The first-order valence-corrected chi connectivity index (χ1v) is 8.58. The molecule has 5 nitrogen and oxygen atoms in total. The lowest BCUT2D eigenvalue weighted by Gasteiger charge is -2.31. The van der Waals surface area contributed by atoms with E-state index in [0.29, 0.717) is 29.7 Å². The number of quaternary nitrogens is 1. The number of nitrogens with one attached hydrogen (secondary N) is 1. The molecule has 0 atom stereocenters. The van der Waals surface area contributed by atoms with E-state index >= 15 is 0 Å². The first kappa shape index (κ1) is 18.8. The molecule has 0 radical (unpaired) electrons. The molecule has 0 unspecified atom stereocenters. The third-order valence-corrected chi connectivity index (χ3v) is 4.78. The number of nitrogens with zero attached hydrogens (tertiary/aromatic N) is 2. The third-order valence-electron chi connectivity index (χ3n) is 4.04. The van der Waals surface area contributed by atoms with Crippen molar-refractivity contribution in [2.24, 2.45) is 0 Å². The summed E-state index contributed by atoms with van der Waals surface area (Å²) >= 11 is 11.8. The SMILES string of the molecule is CN(C)C(=O)C[NH+]1CCN(C(=O)/C=C/c2ccc(Cl)c(Cl)c2)CC1. The Bertz CT molecular complexity index is 639. The molecule has 1 aromatic carbocycles. The molecule has 1 heterocycles. The number of halogens is 2. The fraction of sp³-hybridized carbons (Fsp3) is 0.412. The maximum absolute atomic E-state index is 12.3. The second kappa shape index (κ2) is 8.51. The molecular formula is C17H22Cl2N3O2+. The standard InChI is InChI=1S/C17H21Cl2N3O2/c1-20(2)17(24)12-21-7-9-22(10-8-21)16(23)6-4-13-3-5-14(18)15(19)11-13/h3-6,11H,7-10,12H2,1-2H3/p+1/b6-4+.